The van der Waals surface area contributed by atoms with Crippen molar-refractivity contribution in [3.8, 4) is 5.75 Å². The summed E-state index contributed by atoms with van der Waals surface area (Å²) in [7, 11) is 0. The molecule has 0 bridgehead atoms. The van der Waals surface area contributed by atoms with Gasteiger partial charge in [0.15, 0.2) is 0 Å². The van der Waals surface area contributed by atoms with E-state index in [2.05, 4.69) is 15.9 Å². The molecule has 0 spiro atoms. The van der Waals surface area contributed by atoms with E-state index in [0.717, 1.165) is 27.0 Å². The largest absolute Gasteiger partial charge is 0.486 e. The van der Waals surface area contributed by atoms with Crippen LogP contribution in [-0.4, -0.2) is 0 Å². The minimum atomic E-state index is -0.00130. The van der Waals surface area contributed by atoms with E-state index in [9.17, 15) is 0 Å². The Labute approximate surface area is 116 Å². The third-order valence-corrected chi connectivity index (χ3v) is 3.35. The lowest BCUT2D eigenvalue weighted by atomic mass is 10.1. The molecule has 94 valence electrons. The third kappa shape index (κ3) is 3.05. The van der Waals surface area contributed by atoms with Gasteiger partial charge in [-0.05, 0) is 49.2 Å². The third-order valence-electron chi connectivity index (χ3n) is 2.86. The number of benzene rings is 2. The van der Waals surface area contributed by atoms with Crippen LogP contribution in [0.4, 0.5) is 5.69 Å². The van der Waals surface area contributed by atoms with Crippen molar-refractivity contribution in [2.45, 2.75) is 20.0 Å². The summed E-state index contributed by atoms with van der Waals surface area (Å²) in [5.74, 6) is 0.897. The molecule has 0 aromatic heterocycles. The number of halogens is 1. The fourth-order valence-corrected chi connectivity index (χ4v) is 2.07. The smallest absolute Gasteiger partial charge is 0.124 e. The van der Waals surface area contributed by atoms with E-state index in [1.54, 1.807) is 0 Å². The van der Waals surface area contributed by atoms with Crippen molar-refractivity contribution in [2.75, 3.05) is 5.73 Å². The van der Waals surface area contributed by atoms with E-state index >= 15 is 0 Å². The lowest BCUT2D eigenvalue weighted by molar-refractivity contribution is 0.225. The van der Waals surface area contributed by atoms with E-state index in [0.29, 0.717) is 0 Å². The number of rotatable bonds is 3. The molecular formula is C15H16BrNO. The molecular weight excluding hydrogens is 290 g/mol. The maximum Gasteiger partial charge on any atom is 0.124 e. The first-order valence-corrected chi connectivity index (χ1v) is 6.64. The van der Waals surface area contributed by atoms with Crippen LogP contribution in [0.5, 0.6) is 5.75 Å². The molecule has 1 unspecified atom stereocenters. The number of anilines is 1. The van der Waals surface area contributed by atoms with Crippen molar-refractivity contribution in [2.24, 2.45) is 0 Å². The number of hydrogen-bond acceptors (Lipinski definition) is 2. The summed E-state index contributed by atoms with van der Waals surface area (Å²) in [6.07, 6.45) is -0.00130. The Kier molecular flexibility index (Phi) is 3.92. The van der Waals surface area contributed by atoms with E-state index in [-0.39, 0.29) is 6.10 Å². The highest BCUT2D eigenvalue weighted by Crippen LogP contribution is 2.28. The van der Waals surface area contributed by atoms with Gasteiger partial charge in [0, 0.05) is 10.2 Å². The van der Waals surface area contributed by atoms with E-state index in [1.165, 1.54) is 0 Å². The molecule has 2 aromatic rings. The predicted molar refractivity (Wildman–Crippen MR) is 78.8 cm³/mol. The molecule has 0 aliphatic rings. The number of nitrogen functional groups attached to an aromatic ring is 1. The topological polar surface area (TPSA) is 35.2 Å². The van der Waals surface area contributed by atoms with Crippen LogP contribution in [0.3, 0.4) is 0 Å². The van der Waals surface area contributed by atoms with Crippen LogP contribution in [0, 0.1) is 6.92 Å². The zero-order valence-electron chi connectivity index (χ0n) is 10.5. The average Bonchev–Trinajstić information content (AvgIpc) is 2.34. The van der Waals surface area contributed by atoms with Gasteiger partial charge in [0.25, 0.3) is 0 Å². The Morgan fingerprint density at radius 1 is 1.11 bits per heavy atom. The van der Waals surface area contributed by atoms with Crippen LogP contribution in [0.25, 0.3) is 0 Å². The first-order chi connectivity index (χ1) is 8.56. The Morgan fingerprint density at radius 3 is 2.44 bits per heavy atom. The summed E-state index contributed by atoms with van der Waals surface area (Å²) in [4.78, 5) is 0. The van der Waals surface area contributed by atoms with Crippen LogP contribution in [0.15, 0.2) is 46.9 Å². The van der Waals surface area contributed by atoms with Gasteiger partial charge in [-0.15, -0.1) is 0 Å². The van der Waals surface area contributed by atoms with Crippen molar-refractivity contribution < 1.29 is 4.74 Å². The second-order valence-electron chi connectivity index (χ2n) is 4.34. The first-order valence-electron chi connectivity index (χ1n) is 5.84. The quantitative estimate of drug-likeness (QED) is 0.849. The van der Waals surface area contributed by atoms with Gasteiger partial charge in [-0.25, -0.2) is 0 Å². The van der Waals surface area contributed by atoms with Gasteiger partial charge in [-0.1, -0.05) is 34.1 Å². The summed E-state index contributed by atoms with van der Waals surface area (Å²) in [6, 6.07) is 13.8. The van der Waals surface area contributed by atoms with Gasteiger partial charge in [0.05, 0.1) is 0 Å². The second-order valence-corrected chi connectivity index (χ2v) is 5.25. The van der Waals surface area contributed by atoms with Crippen molar-refractivity contribution in [3.05, 3.63) is 58.1 Å². The van der Waals surface area contributed by atoms with Crippen LogP contribution in [-0.2, 0) is 0 Å². The van der Waals surface area contributed by atoms with Gasteiger partial charge in [0.2, 0.25) is 0 Å². The van der Waals surface area contributed by atoms with Crippen LogP contribution >= 0.6 is 15.9 Å². The van der Waals surface area contributed by atoms with Crippen LogP contribution in [0.1, 0.15) is 24.2 Å². The molecule has 1 atom stereocenters. The Morgan fingerprint density at radius 2 is 1.78 bits per heavy atom. The molecule has 0 saturated carbocycles. The number of hydrogen-bond donors (Lipinski definition) is 1. The van der Waals surface area contributed by atoms with Crippen molar-refractivity contribution in [1.82, 2.24) is 0 Å². The maximum atomic E-state index is 5.98. The molecule has 3 heteroatoms. The van der Waals surface area contributed by atoms with Crippen LogP contribution < -0.4 is 10.5 Å². The molecule has 2 rings (SSSR count). The van der Waals surface area contributed by atoms with Crippen molar-refractivity contribution in [3.63, 3.8) is 0 Å². The standard InChI is InChI=1S/C15H16BrNO/c1-10-3-6-13(16)9-15(10)18-11(2)12-4-7-14(17)8-5-12/h3-9,11H,17H2,1-2H3. The molecule has 0 heterocycles. The van der Waals surface area contributed by atoms with E-state index < -0.39 is 0 Å². The molecule has 0 amide bonds. The maximum absolute atomic E-state index is 5.98. The second kappa shape index (κ2) is 5.44. The van der Waals surface area contributed by atoms with E-state index in [1.807, 2.05) is 56.3 Å². The SMILES string of the molecule is Cc1ccc(Br)cc1OC(C)c1ccc(N)cc1. The lowest BCUT2D eigenvalue weighted by Gasteiger charge is -2.17. The van der Waals surface area contributed by atoms with Crippen LogP contribution in [0.2, 0.25) is 0 Å². The average molecular weight is 306 g/mol. The fraction of sp³-hybridized carbons (Fsp3) is 0.200. The molecule has 0 aliphatic heterocycles. The minimum Gasteiger partial charge on any atom is -0.486 e. The van der Waals surface area contributed by atoms with Gasteiger partial charge in [-0.2, -0.15) is 0 Å². The molecule has 2 N–H and O–H groups in total. The summed E-state index contributed by atoms with van der Waals surface area (Å²) in [5.41, 5.74) is 8.68. The highest BCUT2D eigenvalue weighted by molar-refractivity contribution is 9.10. The van der Waals surface area contributed by atoms with Gasteiger partial charge < -0.3 is 10.5 Å². The van der Waals surface area contributed by atoms with E-state index in [4.69, 9.17) is 10.5 Å². The fourth-order valence-electron chi connectivity index (χ4n) is 1.73. The highest BCUT2D eigenvalue weighted by Gasteiger charge is 2.09. The predicted octanol–water partition coefficient (Wildman–Crippen LogP) is 4.48. The highest BCUT2D eigenvalue weighted by atomic mass is 79.9. The zero-order valence-corrected chi connectivity index (χ0v) is 12.1. The Bertz CT molecular complexity index is 537. The van der Waals surface area contributed by atoms with Crippen molar-refractivity contribution >= 4 is 21.6 Å². The molecule has 2 nitrogen and oxygen atoms in total. The first kappa shape index (κ1) is 13.0. The lowest BCUT2D eigenvalue weighted by Crippen LogP contribution is -2.04. The molecule has 2 aromatic carbocycles. The zero-order chi connectivity index (χ0) is 13.1. The molecule has 0 aliphatic carbocycles. The molecule has 0 fully saturated rings. The monoisotopic (exact) mass is 305 g/mol. The molecule has 18 heavy (non-hydrogen) atoms. The summed E-state index contributed by atoms with van der Waals surface area (Å²) in [5, 5.41) is 0. The molecule has 0 radical (unpaired) electrons. The number of ether oxygens (including phenoxy) is 1. The van der Waals surface area contributed by atoms with Gasteiger partial charge in [0.1, 0.15) is 11.9 Å². The Hall–Kier alpha value is -1.48. The Balaban J connectivity index is 2.18. The van der Waals surface area contributed by atoms with Crippen molar-refractivity contribution in [1.29, 1.82) is 0 Å². The summed E-state index contributed by atoms with van der Waals surface area (Å²) in [6.45, 7) is 4.07. The van der Waals surface area contributed by atoms with Gasteiger partial charge in [-0.3, -0.25) is 0 Å². The summed E-state index contributed by atoms with van der Waals surface area (Å²) < 4.78 is 7.00. The molecule has 0 saturated heterocycles. The minimum absolute atomic E-state index is 0.00130. The number of aryl methyl sites for hydroxylation is 1. The van der Waals surface area contributed by atoms with Gasteiger partial charge >= 0.3 is 0 Å². The summed E-state index contributed by atoms with van der Waals surface area (Å²) >= 11 is 3.46. The normalized spacial score (nSPS) is 12.2. The number of nitrogens with two attached hydrogens (primary N) is 1.